The van der Waals surface area contributed by atoms with E-state index in [1.165, 1.54) is 29.7 Å². The molecule has 3 nitrogen and oxygen atoms in total. The second-order valence-corrected chi connectivity index (χ2v) is 8.57. The van der Waals surface area contributed by atoms with E-state index in [1.807, 2.05) is 6.07 Å². The monoisotopic (exact) mass is 352 g/mol. The fraction of sp³-hybridized carbons (Fsp3) is 0.429. The van der Waals surface area contributed by atoms with Gasteiger partial charge in [-0.3, -0.25) is 4.79 Å². The summed E-state index contributed by atoms with van der Waals surface area (Å²) < 4.78 is 0. The van der Waals surface area contributed by atoms with Crippen molar-refractivity contribution in [3.05, 3.63) is 40.8 Å². The molecular formula is C21H24N2OS. The summed E-state index contributed by atoms with van der Waals surface area (Å²) in [5, 5.41) is 5.45. The van der Waals surface area contributed by atoms with Crippen molar-refractivity contribution in [2.75, 3.05) is 0 Å². The highest BCUT2D eigenvalue weighted by molar-refractivity contribution is 7.20. The molecular weight excluding hydrogens is 328 g/mol. The van der Waals surface area contributed by atoms with Gasteiger partial charge < -0.3 is 5.32 Å². The van der Waals surface area contributed by atoms with Gasteiger partial charge in [0.05, 0.1) is 10.4 Å². The third-order valence-electron chi connectivity index (χ3n) is 5.71. The van der Waals surface area contributed by atoms with Crippen molar-refractivity contribution in [3.63, 3.8) is 0 Å². The zero-order chi connectivity index (χ0) is 17.6. The van der Waals surface area contributed by atoms with Crippen molar-refractivity contribution in [2.24, 2.45) is 11.8 Å². The third kappa shape index (κ3) is 3.15. The van der Waals surface area contributed by atoms with Crippen LogP contribution >= 0.6 is 11.3 Å². The van der Waals surface area contributed by atoms with Crippen LogP contribution in [0.4, 0.5) is 0 Å². The van der Waals surface area contributed by atoms with Gasteiger partial charge in [0.15, 0.2) is 0 Å². The lowest BCUT2D eigenvalue weighted by molar-refractivity contribution is 0.0895. The number of fused-ring (bicyclic) bond motifs is 2. The molecule has 1 N–H and O–H groups in total. The van der Waals surface area contributed by atoms with E-state index in [-0.39, 0.29) is 11.9 Å². The van der Waals surface area contributed by atoms with Crippen molar-refractivity contribution in [3.8, 4) is 0 Å². The van der Waals surface area contributed by atoms with Gasteiger partial charge in [-0.1, -0.05) is 38.8 Å². The summed E-state index contributed by atoms with van der Waals surface area (Å²) in [6.45, 7) is 6.63. The molecule has 1 amide bonds. The molecule has 1 aliphatic rings. The van der Waals surface area contributed by atoms with Gasteiger partial charge >= 0.3 is 0 Å². The first kappa shape index (κ1) is 16.5. The minimum Gasteiger partial charge on any atom is -0.348 e. The maximum absolute atomic E-state index is 12.8. The minimum absolute atomic E-state index is 0.0502. The van der Waals surface area contributed by atoms with E-state index in [2.05, 4.69) is 50.4 Å². The van der Waals surface area contributed by atoms with E-state index >= 15 is 0 Å². The van der Waals surface area contributed by atoms with Crippen LogP contribution in [0.3, 0.4) is 0 Å². The Morgan fingerprint density at radius 1 is 1.16 bits per heavy atom. The van der Waals surface area contributed by atoms with Gasteiger partial charge in [0, 0.05) is 16.8 Å². The lowest BCUT2D eigenvalue weighted by atomic mass is 9.78. The zero-order valence-electron chi connectivity index (χ0n) is 15.0. The molecule has 3 aromatic rings. The Morgan fingerprint density at radius 3 is 2.84 bits per heavy atom. The van der Waals surface area contributed by atoms with Crippen LogP contribution in [0.2, 0.25) is 0 Å². The third-order valence-corrected chi connectivity index (χ3v) is 6.75. The Kier molecular flexibility index (Phi) is 4.24. The van der Waals surface area contributed by atoms with Crippen molar-refractivity contribution in [2.45, 2.75) is 46.1 Å². The van der Waals surface area contributed by atoms with E-state index in [0.29, 0.717) is 11.8 Å². The molecule has 25 heavy (non-hydrogen) atoms. The molecule has 0 spiro atoms. The average molecular weight is 353 g/mol. The number of amides is 1. The first-order chi connectivity index (χ1) is 12.0. The summed E-state index contributed by atoms with van der Waals surface area (Å²) in [5.41, 5.74) is 2.20. The summed E-state index contributed by atoms with van der Waals surface area (Å²) in [4.78, 5) is 19.2. The van der Waals surface area contributed by atoms with Crippen LogP contribution in [-0.2, 0) is 0 Å². The summed E-state index contributed by atoms with van der Waals surface area (Å²) >= 11 is 1.49. The quantitative estimate of drug-likeness (QED) is 0.679. The number of carbonyl (C=O) groups is 1. The number of hydrogen-bond acceptors (Lipinski definition) is 3. The van der Waals surface area contributed by atoms with Gasteiger partial charge in [-0.2, -0.15) is 0 Å². The summed E-state index contributed by atoms with van der Waals surface area (Å²) in [5.74, 6) is 1.27. The highest BCUT2D eigenvalue weighted by Crippen LogP contribution is 2.31. The van der Waals surface area contributed by atoms with Gasteiger partial charge in [0.25, 0.3) is 5.91 Å². The van der Waals surface area contributed by atoms with Gasteiger partial charge in [-0.05, 0) is 48.9 Å². The van der Waals surface area contributed by atoms with E-state index in [1.54, 1.807) is 0 Å². The van der Waals surface area contributed by atoms with Crippen molar-refractivity contribution >= 4 is 38.4 Å². The lowest BCUT2D eigenvalue weighted by Crippen LogP contribution is -2.43. The second kappa shape index (κ2) is 6.41. The van der Waals surface area contributed by atoms with E-state index < -0.39 is 0 Å². The number of benzene rings is 1. The largest absolute Gasteiger partial charge is 0.348 e. The SMILES string of the molecule is Cc1ccc2cc3cc(C(=O)N[C@@H]4CCC[C@@H](C)[C@H]4C)sc3nc2c1. The second-order valence-electron chi connectivity index (χ2n) is 7.54. The molecule has 1 saturated carbocycles. The Bertz CT molecular complexity index is 946. The maximum atomic E-state index is 12.8. The fourth-order valence-electron chi connectivity index (χ4n) is 3.87. The number of thiophene rings is 1. The molecule has 0 bridgehead atoms. The summed E-state index contributed by atoms with van der Waals surface area (Å²) in [7, 11) is 0. The fourth-order valence-corrected chi connectivity index (χ4v) is 4.80. The highest BCUT2D eigenvalue weighted by atomic mass is 32.1. The Hall–Kier alpha value is -1.94. The number of pyridine rings is 1. The predicted molar refractivity (Wildman–Crippen MR) is 105 cm³/mol. The number of carbonyl (C=O) groups excluding carboxylic acids is 1. The number of nitrogens with zero attached hydrogens (tertiary/aromatic N) is 1. The molecule has 4 rings (SSSR count). The molecule has 2 aromatic heterocycles. The lowest BCUT2D eigenvalue weighted by Gasteiger charge is -2.34. The molecule has 0 aliphatic heterocycles. The molecule has 1 fully saturated rings. The van der Waals surface area contributed by atoms with Crippen LogP contribution in [0, 0.1) is 18.8 Å². The van der Waals surface area contributed by atoms with Gasteiger partial charge in [-0.25, -0.2) is 4.98 Å². The number of nitrogens with one attached hydrogen (secondary N) is 1. The van der Waals surface area contributed by atoms with Crippen LogP contribution in [-0.4, -0.2) is 16.9 Å². The highest BCUT2D eigenvalue weighted by Gasteiger charge is 2.28. The molecule has 3 atom stereocenters. The Labute approximate surface area is 152 Å². The average Bonchev–Trinajstić information content (AvgIpc) is 3.00. The number of aromatic nitrogens is 1. The van der Waals surface area contributed by atoms with Crippen LogP contribution in [0.1, 0.15) is 48.3 Å². The predicted octanol–water partition coefficient (Wildman–Crippen LogP) is 5.31. The summed E-state index contributed by atoms with van der Waals surface area (Å²) in [6.07, 6.45) is 3.56. The topological polar surface area (TPSA) is 42.0 Å². The molecule has 1 aromatic carbocycles. The normalized spacial score (nSPS) is 23.9. The minimum atomic E-state index is 0.0502. The van der Waals surface area contributed by atoms with Crippen LogP contribution < -0.4 is 5.32 Å². The van der Waals surface area contributed by atoms with Gasteiger partial charge in [-0.15, -0.1) is 11.3 Å². The van der Waals surface area contributed by atoms with E-state index in [4.69, 9.17) is 4.98 Å². The summed E-state index contributed by atoms with van der Waals surface area (Å²) in [6, 6.07) is 10.7. The first-order valence-electron chi connectivity index (χ1n) is 9.13. The van der Waals surface area contributed by atoms with Crippen molar-refractivity contribution in [1.29, 1.82) is 0 Å². The molecule has 0 saturated heterocycles. The van der Waals surface area contributed by atoms with E-state index in [0.717, 1.165) is 32.4 Å². The molecule has 2 heterocycles. The number of hydrogen-bond donors (Lipinski definition) is 1. The van der Waals surface area contributed by atoms with Gasteiger partial charge in [0.2, 0.25) is 0 Å². The Morgan fingerprint density at radius 2 is 2.00 bits per heavy atom. The first-order valence-corrected chi connectivity index (χ1v) is 9.95. The molecule has 4 heteroatoms. The molecule has 1 aliphatic carbocycles. The maximum Gasteiger partial charge on any atom is 0.261 e. The van der Waals surface area contributed by atoms with Gasteiger partial charge in [0.1, 0.15) is 4.83 Å². The van der Waals surface area contributed by atoms with E-state index in [9.17, 15) is 4.79 Å². The van der Waals surface area contributed by atoms with Crippen molar-refractivity contribution < 1.29 is 4.79 Å². The molecule has 0 radical (unpaired) electrons. The van der Waals surface area contributed by atoms with Crippen LogP contribution in [0.25, 0.3) is 21.1 Å². The molecule has 130 valence electrons. The van der Waals surface area contributed by atoms with Crippen molar-refractivity contribution in [1.82, 2.24) is 10.3 Å². The zero-order valence-corrected chi connectivity index (χ0v) is 15.8. The smallest absolute Gasteiger partial charge is 0.261 e. The van der Waals surface area contributed by atoms with Crippen LogP contribution in [0.15, 0.2) is 30.3 Å². The standard InChI is InChI=1S/C21H24N2OS/c1-12-7-8-15-10-16-11-19(25-21(16)23-18(15)9-12)20(24)22-17-6-4-5-13(2)14(17)3/h7-11,13-14,17H,4-6H2,1-3H3,(H,22,24)/t13-,14-,17-/m1/s1. The number of aryl methyl sites for hydroxylation is 1. The van der Waals surface area contributed by atoms with Crippen LogP contribution in [0.5, 0.6) is 0 Å². The number of rotatable bonds is 2. The molecule has 0 unspecified atom stereocenters. The Balaban J connectivity index is 1.62.